The summed E-state index contributed by atoms with van der Waals surface area (Å²) >= 11 is 0. The highest BCUT2D eigenvalue weighted by Gasteiger charge is 2.20. The molecule has 5 nitrogen and oxygen atoms in total. The Hall–Kier alpha value is -2.22. The quantitative estimate of drug-likeness (QED) is 0.755. The van der Waals surface area contributed by atoms with Gasteiger partial charge in [-0.3, -0.25) is 0 Å². The van der Waals surface area contributed by atoms with Crippen LogP contribution < -0.4 is 5.32 Å². The van der Waals surface area contributed by atoms with Crippen molar-refractivity contribution in [2.75, 3.05) is 11.9 Å². The Kier molecular flexibility index (Phi) is 1.93. The second-order valence-electron chi connectivity index (χ2n) is 3.78. The van der Waals surface area contributed by atoms with Gasteiger partial charge in [-0.1, -0.05) is 0 Å². The Labute approximate surface area is 92.7 Å². The van der Waals surface area contributed by atoms with Crippen molar-refractivity contribution in [1.29, 1.82) is 5.26 Å². The van der Waals surface area contributed by atoms with Crippen molar-refractivity contribution in [2.45, 2.75) is 13.0 Å². The molecule has 0 fully saturated rings. The van der Waals surface area contributed by atoms with E-state index in [0.717, 1.165) is 36.7 Å². The largest absolute Gasteiger partial charge is 0.367 e. The molecule has 1 aliphatic heterocycles. The van der Waals surface area contributed by atoms with E-state index in [4.69, 9.17) is 0 Å². The van der Waals surface area contributed by atoms with Gasteiger partial charge in [-0.05, 0) is 12.5 Å². The van der Waals surface area contributed by atoms with E-state index in [0.29, 0.717) is 5.69 Å². The van der Waals surface area contributed by atoms with Crippen LogP contribution in [0, 0.1) is 11.3 Å². The molecule has 0 saturated heterocycles. The second kappa shape index (κ2) is 3.42. The summed E-state index contributed by atoms with van der Waals surface area (Å²) in [4.78, 5) is 7.45. The van der Waals surface area contributed by atoms with Gasteiger partial charge in [0.1, 0.15) is 17.5 Å². The number of hydrogen-bond acceptors (Lipinski definition) is 3. The predicted molar refractivity (Wildman–Crippen MR) is 59.8 cm³/mol. The standard InChI is InChI=1S/C11H11N5/c12-6-9-10(8-2-4-13-7-8)15-11-14-3-1-5-16(9)11/h2,4,7,13H,1,3,5H2,(H,14,15). The van der Waals surface area contributed by atoms with E-state index in [1.165, 1.54) is 0 Å². The number of aromatic amines is 1. The predicted octanol–water partition coefficient (Wildman–Crippen LogP) is 1.57. The molecule has 0 unspecified atom stereocenters. The zero-order chi connectivity index (χ0) is 11.0. The number of aromatic nitrogens is 3. The molecule has 80 valence electrons. The lowest BCUT2D eigenvalue weighted by atomic mass is 10.2. The molecule has 5 heteroatoms. The average Bonchev–Trinajstić information content (AvgIpc) is 2.95. The molecule has 0 bridgehead atoms. The minimum atomic E-state index is 0.641. The summed E-state index contributed by atoms with van der Waals surface area (Å²) in [6, 6.07) is 4.16. The zero-order valence-electron chi connectivity index (χ0n) is 8.70. The molecule has 0 atom stereocenters. The fraction of sp³-hybridized carbons (Fsp3) is 0.273. The molecule has 2 aromatic rings. The third-order valence-corrected chi connectivity index (χ3v) is 2.79. The molecule has 16 heavy (non-hydrogen) atoms. The molecular weight excluding hydrogens is 202 g/mol. The van der Waals surface area contributed by atoms with Crippen LogP contribution in [0.15, 0.2) is 18.5 Å². The van der Waals surface area contributed by atoms with E-state index >= 15 is 0 Å². The topological polar surface area (TPSA) is 69.4 Å². The van der Waals surface area contributed by atoms with Crippen molar-refractivity contribution in [2.24, 2.45) is 0 Å². The Morgan fingerprint density at radius 3 is 3.19 bits per heavy atom. The summed E-state index contributed by atoms with van der Waals surface area (Å²) in [6.07, 6.45) is 4.72. The molecule has 0 aliphatic carbocycles. The lowest BCUT2D eigenvalue weighted by molar-refractivity contribution is 0.622. The highest BCUT2D eigenvalue weighted by atomic mass is 15.2. The average molecular weight is 213 g/mol. The van der Waals surface area contributed by atoms with Crippen LogP contribution in [0.25, 0.3) is 11.3 Å². The number of nitriles is 1. The van der Waals surface area contributed by atoms with Crippen LogP contribution in [0.5, 0.6) is 0 Å². The Morgan fingerprint density at radius 1 is 1.50 bits per heavy atom. The smallest absolute Gasteiger partial charge is 0.204 e. The van der Waals surface area contributed by atoms with Gasteiger partial charge in [0.25, 0.3) is 0 Å². The van der Waals surface area contributed by atoms with Gasteiger partial charge < -0.3 is 14.9 Å². The Morgan fingerprint density at radius 2 is 2.44 bits per heavy atom. The SMILES string of the molecule is N#Cc1c(-c2cc[nH]c2)nc2n1CCCN2. The molecule has 0 aromatic carbocycles. The number of rotatable bonds is 1. The van der Waals surface area contributed by atoms with Gasteiger partial charge in [-0.15, -0.1) is 0 Å². The first kappa shape index (κ1) is 9.04. The van der Waals surface area contributed by atoms with Crippen molar-refractivity contribution >= 4 is 5.95 Å². The van der Waals surface area contributed by atoms with Gasteiger partial charge in [0.15, 0.2) is 0 Å². The summed E-state index contributed by atoms with van der Waals surface area (Å²) in [6.45, 7) is 1.79. The van der Waals surface area contributed by atoms with Crippen LogP contribution in [0.3, 0.4) is 0 Å². The maximum Gasteiger partial charge on any atom is 0.204 e. The molecule has 1 aliphatic rings. The van der Waals surface area contributed by atoms with E-state index in [9.17, 15) is 5.26 Å². The van der Waals surface area contributed by atoms with Crippen molar-refractivity contribution in [3.63, 3.8) is 0 Å². The number of hydrogen-bond donors (Lipinski definition) is 2. The van der Waals surface area contributed by atoms with Crippen LogP contribution >= 0.6 is 0 Å². The second-order valence-corrected chi connectivity index (χ2v) is 3.78. The van der Waals surface area contributed by atoms with Gasteiger partial charge in [-0.25, -0.2) is 4.98 Å². The minimum Gasteiger partial charge on any atom is -0.367 e. The van der Waals surface area contributed by atoms with Crippen molar-refractivity contribution in [3.05, 3.63) is 24.2 Å². The molecule has 0 amide bonds. The van der Waals surface area contributed by atoms with E-state index in [1.807, 2.05) is 23.0 Å². The molecule has 0 spiro atoms. The molecular formula is C11H11N5. The number of anilines is 1. The molecule has 3 rings (SSSR count). The first-order valence-electron chi connectivity index (χ1n) is 5.28. The van der Waals surface area contributed by atoms with Gasteiger partial charge in [-0.2, -0.15) is 5.26 Å². The third kappa shape index (κ3) is 1.20. The van der Waals surface area contributed by atoms with Gasteiger partial charge in [0, 0.05) is 31.0 Å². The van der Waals surface area contributed by atoms with E-state index in [1.54, 1.807) is 0 Å². The fourth-order valence-corrected chi connectivity index (χ4v) is 2.03. The molecule has 2 N–H and O–H groups in total. The van der Waals surface area contributed by atoms with Crippen LogP contribution in [0.2, 0.25) is 0 Å². The monoisotopic (exact) mass is 213 g/mol. The maximum atomic E-state index is 9.21. The highest BCUT2D eigenvalue weighted by molar-refractivity contribution is 5.67. The van der Waals surface area contributed by atoms with Crippen molar-refractivity contribution in [1.82, 2.24) is 14.5 Å². The normalized spacial score (nSPS) is 13.9. The minimum absolute atomic E-state index is 0.641. The third-order valence-electron chi connectivity index (χ3n) is 2.79. The number of H-pyrrole nitrogens is 1. The Bertz CT molecular complexity index is 544. The van der Waals surface area contributed by atoms with Crippen LogP contribution in [-0.2, 0) is 6.54 Å². The maximum absolute atomic E-state index is 9.21. The van der Waals surface area contributed by atoms with Crippen LogP contribution in [0.1, 0.15) is 12.1 Å². The fourth-order valence-electron chi connectivity index (χ4n) is 2.03. The van der Waals surface area contributed by atoms with Gasteiger partial charge in [0.2, 0.25) is 5.95 Å². The zero-order valence-corrected chi connectivity index (χ0v) is 8.70. The summed E-state index contributed by atoms with van der Waals surface area (Å²) in [7, 11) is 0. The Balaban J connectivity index is 2.19. The number of nitrogens with one attached hydrogen (secondary N) is 2. The summed E-state index contributed by atoms with van der Waals surface area (Å²) in [5.41, 5.74) is 2.36. The molecule has 0 saturated carbocycles. The van der Waals surface area contributed by atoms with E-state index in [-0.39, 0.29) is 0 Å². The first-order valence-corrected chi connectivity index (χ1v) is 5.28. The summed E-state index contributed by atoms with van der Waals surface area (Å²) < 4.78 is 1.95. The van der Waals surface area contributed by atoms with Crippen molar-refractivity contribution in [3.8, 4) is 17.3 Å². The van der Waals surface area contributed by atoms with E-state index < -0.39 is 0 Å². The van der Waals surface area contributed by atoms with E-state index in [2.05, 4.69) is 21.4 Å². The highest BCUT2D eigenvalue weighted by Crippen LogP contribution is 2.27. The van der Waals surface area contributed by atoms with Gasteiger partial charge in [0.05, 0.1) is 0 Å². The first-order chi connectivity index (χ1) is 7.90. The molecule has 0 radical (unpaired) electrons. The number of fused-ring (bicyclic) bond motifs is 1. The van der Waals surface area contributed by atoms with Crippen molar-refractivity contribution < 1.29 is 0 Å². The molecule has 2 aromatic heterocycles. The number of nitrogens with zero attached hydrogens (tertiary/aromatic N) is 3. The lowest BCUT2D eigenvalue weighted by Gasteiger charge is -2.15. The number of imidazole rings is 1. The summed E-state index contributed by atoms with van der Waals surface area (Å²) in [5.74, 6) is 0.805. The van der Waals surface area contributed by atoms with Crippen LogP contribution in [-0.4, -0.2) is 21.1 Å². The lowest BCUT2D eigenvalue weighted by Crippen LogP contribution is -2.18. The summed E-state index contributed by atoms with van der Waals surface area (Å²) in [5, 5.41) is 12.4. The van der Waals surface area contributed by atoms with Crippen LogP contribution in [0.4, 0.5) is 5.95 Å². The van der Waals surface area contributed by atoms with Gasteiger partial charge >= 0.3 is 0 Å². The molecule has 3 heterocycles.